The van der Waals surface area contributed by atoms with E-state index >= 15 is 0 Å². The van der Waals surface area contributed by atoms with Gasteiger partial charge in [-0.1, -0.05) is 6.07 Å². The van der Waals surface area contributed by atoms with E-state index < -0.39 is 0 Å². The number of nitrogens with zero attached hydrogens (tertiary/aromatic N) is 1. The van der Waals surface area contributed by atoms with Gasteiger partial charge in [-0.05, 0) is 47.9 Å². The molecule has 32 heavy (non-hydrogen) atoms. The van der Waals surface area contributed by atoms with Gasteiger partial charge in [0.25, 0.3) is 0 Å². The van der Waals surface area contributed by atoms with Gasteiger partial charge in [-0.15, -0.1) is 0 Å². The van der Waals surface area contributed by atoms with Gasteiger partial charge in [0.1, 0.15) is 17.6 Å². The molecular weight excluding hydrogens is 424 g/mol. The Morgan fingerprint density at radius 1 is 1.28 bits per heavy atom. The summed E-state index contributed by atoms with van der Waals surface area (Å²) >= 11 is 2.03. The third kappa shape index (κ3) is 5.27. The molecule has 3 aromatic rings. The molecule has 1 saturated heterocycles. The van der Waals surface area contributed by atoms with Gasteiger partial charge in [-0.25, -0.2) is 0 Å². The molecule has 170 valence electrons. The highest BCUT2D eigenvalue weighted by Gasteiger charge is 2.20. The number of nitrogens with one attached hydrogen (secondary N) is 1. The van der Waals surface area contributed by atoms with E-state index in [0.717, 1.165) is 52.3 Å². The van der Waals surface area contributed by atoms with Crippen molar-refractivity contribution in [1.82, 2.24) is 10.2 Å². The topological polar surface area (TPSA) is 71.8 Å². The third-order valence-electron chi connectivity index (χ3n) is 6.07. The average Bonchev–Trinajstić information content (AvgIpc) is 3.27. The largest absolute Gasteiger partial charge is 0.494 e. The number of amides is 1. The Labute approximate surface area is 192 Å². The maximum Gasteiger partial charge on any atom is 0.219 e. The van der Waals surface area contributed by atoms with Crippen LogP contribution in [0, 0.1) is 0 Å². The fourth-order valence-corrected chi connectivity index (χ4v) is 5.22. The lowest BCUT2D eigenvalue weighted by atomic mass is 9.92. The van der Waals surface area contributed by atoms with E-state index in [4.69, 9.17) is 9.15 Å². The zero-order chi connectivity index (χ0) is 22.3. The second kappa shape index (κ2) is 10.9. The Bertz CT molecular complexity index is 1070. The lowest BCUT2D eigenvalue weighted by Crippen LogP contribution is -2.33. The fraction of sp³-hybridized carbons (Fsp3) is 0.440. The van der Waals surface area contributed by atoms with Crippen LogP contribution < -0.4 is 10.1 Å². The number of fused-ring (bicyclic) bond motifs is 3. The molecule has 1 amide bonds. The number of rotatable bonds is 10. The number of hydrogen-bond donors (Lipinski definition) is 1. The first-order chi connectivity index (χ1) is 15.7. The summed E-state index contributed by atoms with van der Waals surface area (Å²) in [6, 6.07) is 10.0. The first kappa shape index (κ1) is 22.7. The summed E-state index contributed by atoms with van der Waals surface area (Å²) < 4.78 is 11.8. The van der Waals surface area contributed by atoms with E-state index in [1.54, 1.807) is 13.3 Å². The molecule has 0 aliphatic carbocycles. The highest BCUT2D eigenvalue weighted by atomic mass is 32.2. The molecule has 1 atom stereocenters. The van der Waals surface area contributed by atoms with Crippen LogP contribution in [0.4, 0.5) is 0 Å². The number of benzene rings is 2. The van der Waals surface area contributed by atoms with Crippen molar-refractivity contribution in [3.05, 3.63) is 42.2 Å². The maximum atomic E-state index is 11.8. The summed E-state index contributed by atoms with van der Waals surface area (Å²) in [6.07, 6.45) is 4.32. The van der Waals surface area contributed by atoms with Crippen LogP contribution in [0.5, 0.6) is 5.75 Å². The highest BCUT2D eigenvalue weighted by Crippen LogP contribution is 2.36. The second-order valence-corrected chi connectivity index (χ2v) is 9.35. The van der Waals surface area contributed by atoms with Gasteiger partial charge < -0.3 is 24.2 Å². The molecule has 0 saturated carbocycles. The van der Waals surface area contributed by atoms with Gasteiger partial charge in [-0.3, -0.25) is 4.79 Å². The third-order valence-corrected chi connectivity index (χ3v) is 7.01. The predicted molar refractivity (Wildman–Crippen MR) is 130 cm³/mol. The molecule has 2 aromatic carbocycles. The molecule has 7 heteroatoms. The van der Waals surface area contributed by atoms with E-state index in [1.165, 1.54) is 24.6 Å². The highest BCUT2D eigenvalue weighted by molar-refractivity contribution is 7.99. The normalized spacial score (nSPS) is 15.7. The van der Waals surface area contributed by atoms with E-state index in [1.807, 2.05) is 42.1 Å². The smallest absolute Gasteiger partial charge is 0.219 e. The van der Waals surface area contributed by atoms with Crippen LogP contribution >= 0.6 is 11.8 Å². The molecule has 0 bridgehead atoms. The standard InChI is InChI=1S/C25H30N2O4S/c1-26-24(29)8-4-19(16-28)22-17-31-23-7-3-18-15-20(5-6-21(18)25(22)23)30-12-2-9-27-10-13-32-14-11-27/h3,5-7,15-17,19H,2,4,8-14H2,1H3,(H,26,29). The minimum absolute atomic E-state index is 0.0736. The molecule has 2 heterocycles. The lowest BCUT2D eigenvalue weighted by molar-refractivity contribution is -0.120. The van der Waals surface area contributed by atoms with Crippen molar-refractivity contribution in [2.45, 2.75) is 25.2 Å². The Balaban J connectivity index is 1.47. The van der Waals surface area contributed by atoms with E-state index in [-0.39, 0.29) is 11.8 Å². The van der Waals surface area contributed by atoms with Crippen molar-refractivity contribution in [3.63, 3.8) is 0 Å². The summed E-state index contributed by atoms with van der Waals surface area (Å²) in [5, 5.41) is 5.61. The Morgan fingerprint density at radius 3 is 2.91 bits per heavy atom. The minimum Gasteiger partial charge on any atom is -0.494 e. The average molecular weight is 455 g/mol. The van der Waals surface area contributed by atoms with Crippen LogP contribution in [0.1, 0.15) is 30.7 Å². The van der Waals surface area contributed by atoms with Gasteiger partial charge in [0.2, 0.25) is 5.91 Å². The van der Waals surface area contributed by atoms with Crippen LogP contribution in [-0.4, -0.2) is 61.9 Å². The molecule has 1 aliphatic rings. The number of ether oxygens (including phenoxy) is 1. The van der Waals surface area contributed by atoms with Crippen LogP contribution in [0.2, 0.25) is 0 Å². The Hall–Kier alpha value is -2.51. The number of thioether (sulfide) groups is 1. The van der Waals surface area contributed by atoms with E-state index in [9.17, 15) is 9.59 Å². The van der Waals surface area contributed by atoms with Crippen molar-refractivity contribution < 1.29 is 18.7 Å². The Kier molecular flexibility index (Phi) is 7.71. The number of hydrogen-bond acceptors (Lipinski definition) is 6. The van der Waals surface area contributed by atoms with Crippen molar-refractivity contribution >= 4 is 45.7 Å². The van der Waals surface area contributed by atoms with Crippen molar-refractivity contribution in [2.75, 3.05) is 44.8 Å². The first-order valence-corrected chi connectivity index (χ1v) is 12.4. The second-order valence-electron chi connectivity index (χ2n) is 8.12. The molecule has 1 unspecified atom stereocenters. The van der Waals surface area contributed by atoms with Gasteiger partial charge in [0.15, 0.2) is 0 Å². The zero-order valence-electron chi connectivity index (χ0n) is 18.5. The van der Waals surface area contributed by atoms with Crippen LogP contribution in [-0.2, 0) is 9.59 Å². The van der Waals surface area contributed by atoms with Crippen molar-refractivity contribution in [3.8, 4) is 5.75 Å². The Morgan fingerprint density at radius 2 is 2.12 bits per heavy atom. The number of carbonyl (C=O) groups excluding carboxylic acids is 2. The quantitative estimate of drug-likeness (QED) is 0.365. The van der Waals surface area contributed by atoms with Gasteiger partial charge in [-0.2, -0.15) is 11.8 Å². The molecule has 6 nitrogen and oxygen atoms in total. The summed E-state index contributed by atoms with van der Waals surface area (Å²) in [4.78, 5) is 26.0. The molecule has 4 rings (SSSR count). The minimum atomic E-state index is -0.386. The van der Waals surface area contributed by atoms with Gasteiger partial charge in [0.05, 0.1) is 12.9 Å². The van der Waals surface area contributed by atoms with Crippen molar-refractivity contribution in [1.29, 1.82) is 0 Å². The molecule has 0 spiro atoms. The van der Waals surface area contributed by atoms with Crippen LogP contribution in [0.3, 0.4) is 0 Å². The summed E-state index contributed by atoms with van der Waals surface area (Å²) in [5.41, 5.74) is 1.57. The molecular formula is C25H30N2O4S. The summed E-state index contributed by atoms with van der Waals surface area (Å²) in [6.45, 7) is 4.13. The monoisotopic (exact) mass is 454 g/mol. The van der Waals surface area contributed by atoms with E-state index in [2.05, 4.69) is 10.2 Å². The summed E-state index contributed by atoms with van der Waals surface area (Å²) in [7, 11) is 1.60. The van der Waals surface area contributed by atoms with Crippen LogP contribution in [0.15, 0.2) is 41.0 Å². The molecule has 1 aromatic heterocycles. The molecule has 1 fully saturated rings. The van der Waals surface area contributed by atoms with Gasteiger partial charge >= 0.3 is 0 Å². The predicted octanol–water partition coefficient (Wildman–Crippen LogP) is 4.21. The number of aldehydes is 1. The van der Waals surface area contributed by atoms with Crippen LogP contribution in [0.25, 0.3) is 21.7 Å². The molecule has 1 aliphatic heterocycles. The molecule has 1 N–H and O–H groups in total. The fourth-order valence-electron chi connectivity index (χ4n) is 4.24. The zero-order valence-corrected chi connectivity index (χ0v) is 19.3. The maximum absolute atomic E-state index is 11.8. The van der Waals surface area contributed by atoms with Gasteiger partial charge in [0, 0.05) is 61.5 Å². The van der Waals surface area contributed by atoms with Crippen molar-refractivity contribution in [2.24, 2.45) is 0 Å². The molecule has 0 radical (unpaired) electrons. The summed E-state index contributed by atoms with van der Waals surface area (Å²) in [5.74, 6) is 2.85. The van der Waals surface area contributed by atoms with E-state index in [0.29, 0.717) is 19.4 Å². The SMILES string of the molecule is CNC(=O)CCC(C=O)c1coc2ccc3cc(OCCCN4CCSCC4)ccc3c12. The lowest BCUT2D eigenvalue weighted by Gasteiger charge is -2.25. The number of carbonyl (C=O) groups is 2. The number of furan rings is 1. The first-order valence-electron chi connectivity index (χ1n) is 11.2.